The summed E-state index contributed by atoms with van der Waals surface area (Å²) in [7, 11) is -3.82. The minimum absolute atomic E-state index is 0.203. The number of rotatable bonds is 7. The van der Waals surface area contributed by atoms with Crippen molar-refractivity contribution in [3.63, 3.8) is 0 Å². The van der Waals surface area contributed by atoms with E-state index in [4.69, 9.17) is 9.88 Å². The predicted octanol–water partition coefficient (Wildman–Crippen LogP) is 1.98. The van der Waals surface area contributed by atoms with Gasteiger partial charge in [0.2, 0.25) is 15.9 Å². The van der Waals surface area contributed by atoms with E-state index in [1.807, 2.05) is 6.92 Å². The van der Waals surface area contributed by atoms with Gasteiger partial charge in [0, 0.05) is 24.5 Å². The van der Waals surface area contributed by atoms with Gasteiger partial charge in [-0.2, -0.15) is 0 Å². The molecule has 1 saturated heterocycles. The molecule has 4 heterocycles. The molecule has 2 aliphatic rings. The number of primary sulfonamides is 1. The number of ether oxygens (including phenoxy) is 1. The molecule has 182 valence electrons. The second-order valence-electron chi connectivity index (χ2n) is 8.61. The number of carbonyl (C=O) groups is 1. The summed E-state index contributed by atoms with van der Waals surface area (Å²) in [5.41, 5.74) is 2.22. The maximum absolute atomic E-state index is 13.3. The molecular weight excluding hydrogens is 470 g/mol. The van der Waals surface area contributed by atoms with E-state index in [1.165, 1.54) is 6.20 Å². The molecule has 1 aliphatic carbocycles. The van der Waals surface area contributed by atoms with Gasteiger partial charge in [0.1, 0.15) is 10.4 Å². The number of likely N-dealkylation sites (tertiary alicyclic amines) is 1. The standard InChI is InChI=1S/C23H25N7O4S/c1-2-34-20-14-25-13-18(28-20)15-5-6-17(27-12-15)21(31)30-11-3-4-19(30)16-7-10-26-22(29-16)23(8-9-23)35(24,32)33/h5-7,10,12-14,19H,2-4,8-9,11H2,1H3,(H2,24,32,33)/t19-/m0/s1. The van der Waals surface area contributed by atoms with Crippen molar-refractivity contribution >= 4 is 15.9 Å². The van der Waals surface area contributed by atoms with Crippen LogP contribution in [-0.4, -0.2) is 57.3 Å². The van der Waals surface area contributed by atoms with Gasteiger partial charge in [-0.3, -0.25) is 14.8 Å². The van der Waals surface area contributed by atoms with E-state index in [1.54, 1.807) is 41.7 Å². The molecule has 0 aromatic carbocycles. The first-order valence-electron chi connectivity index (χ1n) is 11.4. The number of carbonyl (C=O) groups excluding carboxylic acids is 1. The molecule has 1 saturated carbocycles. The number of hydrogen-bond acceptors (Lipinski definition) is 9. The Bertz CT molecular complexity index is 1360. The van der Waals surface area contributed by atoms with Crippen molar-refractivity contribution in [2.75, 3.05) is 13.2 Å². The lowest BCUT2D eigenvalue weighted by Gasteiger charge is -2.24. The molecule has 12 heteroatoms. The number of amides is 1. The predicted molar refractivity (Wildman–Crippen MR) is 125 cm³/mol. The van der Waals surface area contributed by atoms with Crippen molar-refractivity contribution < 1.29 is 17.9 Å². The summed E-state index contributed by atoms with van der Waals surface area (Å²) < 4.78 is 28.4. The first kappa shape index (κ1) is 23.2. The number of hydrogen-bond donors (Lipinski definition) is 1. The third kappa shape index (κ3) is 4.34. The first-order chi connectivity index (χ1) is 16.8. The molecule has 0 bridgehead atoms. The number of sulfonamides is 1. The van der Waals surface area contributed by atoms with E-state index in [9.17, 15) is 13.2 Å². The van der Waals surface area contributed by atoms with Crippen LogP contribution in [0.4, 0.5) is 0 Å². The van der Waals surface area contributed by atoms with Gasteiger partial charge in [-0.05, 0) is 50.8 Å². The minimum atomic E-state index is -3.82. The molecule has 1 amide bonds. The monoisotopic (exact) mass is 495 g/mol. The van der Waals surface area contributed by atoms with Crippen LogP contribution in [-0.2, 0) is 14.8 Å². The zero-order chi connectivity index (χ0) is 24.6. The molecule has 5 rings (SSSR count). The number of nitrogens with zero attached hydrogens (tertiary/aromatic N) is 6. The van der Waals surface area contributed by atoms with E-state index in [0.29, 0.717) is 60.9 Å². The third-order valence-electron chi connectivity index (χ3n) is 6.37. The molecule has 2 N–H and O–H groups in total. The van der Waals surface area contributed by atoms with E-state index in [-0.39, 0.29) is 17.8 Å². The maximum Gasteiger partial charge on any atom is 0.273 e. The van der Waals surface area contributed by atoms with Crippen LogP contribution in [0.15, 0.2) is 43.0 Å². The Kier molecular flexibility index (Phi) is 5.93. The van der Waals surface area contributed by atoms with Crippen molar-refractivity contribution in [3.8, 4) is 17.1 Å². The molecule has 3 aromatic rings. The fourth-order valence-electron chi connectivity index (χ4n) is 4.37. The van der Waals surface area contributed by atoms with Gasteiger partial charge in [0.25, 0.3) is 5.91 Å². The Morgan fingerprint density at radius 2 is 2.00 bits per heavy atom. The topological polar surface area (TPSA) is 154 Å². The largest absolute Gasteiger partial charge is 0.477 e. The highest BCUT2D eigenvalue weighted by molar-refractivity contribution is 7.90. The summed E-state index contributed by atoms with van der Waals surface area (Å²) >= 11 is 0. The molecule has 1 aliphatic heterocycles. The molecule has 3 aromatic heterocycles. The van der Waals surface area contributed by atoms with Gasteiger partial charge in [-0.15, -0.1) is 0 Å². The van der Waals surface area contributed by atoms with Gasteiger partial charge in [0.15, 0.2) is 5.82 Å². The molecule has 35 heavy (non-hydrogen) atoms. The summed E-state index contributed by atoms with van der Waals surface area (Å²) in [5, 5.41) is 5.44. The summed E-state index contributed by atoms with van der Waals surface area (Å²) in [6.45, 7) is 2.90. The van der Waals surface area contributed by atoms with Crippen LogP contribution in [0.25, 0.3) is 11.3 Å². The Labute approximate surface area is 202 Å². The summed E-state index contributed by atoms with van der Waals surface area (Å²) in [6, 6.07) is 4.86. The maximum atomic E-state index is 13.3. The second kappa shape index (κ2) is 8.93. The number of nitrogens with two attached hydrogens (primary N) is 1. The molecule has 0 radical (unpaired) electrons. The van der Waals surface area contributed by atoms with Crippen molar-refractivity contribution in [1.29, 1.82) is 0 Å². The average Bonchev–Trinajstić information content (AvgIpc) is 3.55. The summed E-state index contributed by atoms with van der Waals surface area (Å²) in [6.07, 6.45) is 8.58. The SMILES string of the molecule is CCOc1cncc(-c2ccc(C(=O)N3CCC[C@H]3c3ccnc(C4(S(N)(=O)=O)CC4)n3)nc2)n1. The van der Waals surface area contributed by atoms with Crippen LogP contribution >= 0.6 is 0 Å². The molecule has 1 atom stereocenters. The van der Waals surface area contributed by atoms with Gasteiger partial charge < -0.3 is 9.64 Å². The molecule has 0 unspecified atom stereocenters. The molecular formula is C23H25N7O4S. The van der Waals surface area contributed by atoms with E-state index in [2.05, 4.69) is 24.9 Å². The van der Waals surface area contributed by atoms with Crippen LogP contribution in [0.1, 0.15) is 60.7 Å². The molecule has 2 fully saturated rings. The lowest BCUT2D eigenvalue weighted by Crippen LogP contribution is -2.33. The quantitative estimate of drug-likeness (QED) is 0.518. The minimum Gasteiger partial charge on any atom is -0.477 e. The highest BCUT2D eigenvalue weighted by atomic mass is 32.2. The Morgan fingerprint density at radius 3 is 2.69 bits per heavy atom. The molecule has 0 spiro atoms. The fraction of sp³-hybridized carbons (Fsp3) is 0.391. The van der Waals surface area contributed by atoms with Crippen LogP contribution in [0, 0.1) is 0 Å². The number of aromatic nitrogens is 5. The fourth-order valence-corrected chi connectivity index (χ4v) is 5.39. The normalized spacial score (nSPS) is 18.9. The van der Waals surface area contributed by atoms with E-state index >= 15 is 0 Å². The van der Waals surface area contributed by atoms with Crippen molar-refractivity contribution in [1.82, 2.24) is 29.8 Å². The lowest BCUT2D eigenvalue weighted by molar-refractivity contribution is 0.0726. The third-order valence-corrected chi connectivity index (χ3v) is 8.05. The lowest BCUT2D eigenvalue weighted by atomic mass is 10.1. The number of pyridine rings is 1. The second-order valence-corrected chi connectivity index (χ2v) is 10.5. The smallest absolute Gasteiger partial charge is 0.273 e. The van der Waals surface area contributed by atoms with Crippen LogP contribution in [0.2, 0.25) is 0 Å². The zero-order valence-corrected chi connectivity index (χ0v) is 20.0. The van der Waals surface area contributed by atoms with Crippen LogP contribution in [0.3, 0.4) is 0 Å². The Balaban J connectivity index is 1.37. The molecule has 11 nitrogen and oxygen atoms in total. The van der Waals surface area contributed by atoms with Gasteiger partial charge in [0.05, 0.1) is 36.4 Å². The van der Waals surface area contributed by atoms with E-state index in [0.717, 1.165) is 6.42 Å². The van der Waals surface area contributed by atoms with Crippen molar-refractivity contribution in [2.45, 2.75) is 43.4 Å². The van der Waals surface area contributed by atoms with Crippen molar-refractivity contribution in [2.24, 2.45) is 5.14 Å². The van der Waals surface area contributed by atoms with Gasteiger partial charge in [-0.25, -0.2) is 28.5 Å². The highest BCUT2D eigenvalue weighted by Gasteiger charge is 2.57. The highest BCUT2D eigenvalue weighted by Crippen LogP contribution is 2.50. The average molecular weight is 496 g/mol. The van der Waals surface area contributed by atoms with E-state index < -0.39 is 14.8 Å². The zero-order valence-electron chi connectivity index (χ0n) is 19.2. The Hall–Kier alpha value is -3.51. The van der Waals surface area contributed by atoms with Gasteiger partial charge >= 0.3 is 0 Å². The van der Waals surface area contributed by atoms with Crippen LogP contribution in [0.5, 0.6) is 5.88 Å². The van der Waals surface area contributed by atoms with Crippen molar-refractivity contribution in [3.05, 3.63) is 60.2 Å². The van der Waals surface area contributed by atoms with Crippen LogP contribution < -0.4 is 9.88 Å². The van der Waals surface area contributed by atoms with Gasteiger partial charge in [-0.1, -0.05) is 0 Å². The Morgan fingerprint density at radius 1 is 1.17 bits per heavy atom. The summed E-state index contributed by atoms with van der Waals surface area (Å²) in [4.78, 5) is 36.7. The summed E-state index contributed by atoms with van der Waals surface area (Å²) in [5.74, 6) is 0.403. The first-order valence-corrected chi connectivity index (χ1v) is 12.9.